The highest BCUT2D eigenvalue weighted by Gasteiger charge is 2.33. The number of carbonyl (C=O) groups is 3. The zero-order valence-corrected chi connectivity index (χ0v) is 24.0. The molecule has 0 aliphatic carbocycles. The van der Waals surface area contributed by atoms with Crippen molar-refractivity contribution in [1.29, 1.82) is 0 Å². The van der Waals surface area contributed by atoms with E-state index in [2.05, 4.69) is 10.6 Å². The molecule has 0 fully saturated rings. The van der Waals surface area contributed by atoms with Crippen LogP contribution in [-0.4, -0.2) is 60.8 Å². The Hall–Kier alpha value is -3.24. The molecule has 0 unspecified atom stereocenters. The van der Waals surface area contributed by atoms with Crippen molar-refractivity contribution in [2.45, 2.75) is 76.8 Å². The Kier molecular flexibility index (Phi) is 12.6. The van der Waals surface area contributed by atoms with Crippen molar-refractivity contribution in [2.75, 3.05) is 13.1 Å². The number of carboxylic acids is 1. The van der Waals surface area contributed by atoms with Gasteiger partial charge in [0.05, 0.1) is 11.3 Å². The second-order valence-electron chi connectivity index (χ2n) is 10.3. The Balaban J connectivity index is 2.04. The molecule has 0 spiro atoms. The van der Waals surface area contributed by atoms with Crippen LogP contribution in [0.1, 0.15) is 57.6 Å². The Bertz CT molecular complexity index is 1180. The van der Waals surface area contributed by atoms with Gasteiger partial charge in [-0.3, -0.25) is 14.4 Å². The molecule has 214 valence electrons. The second kappa shape index (κ2) is 15.4. The Morgan fingerprint density at radius 2 is 1.62 bits per heavy atom. The lowest BCUT2D eigenvalue weighted by Crippen LogP contribution is -2.47. The first kappa shape index (κ1) is 32.0. The topological polar surface area (TPSA) is 133 Å². The summed E-state index contributed by atoms with van der Waals surface area (Å²) in [5.41, 5.74) is 1.85. The van der Waals surface area contributed by atoms with Crippen LogP contribution in [-0.2, 0) is 30.8 Å². The zero-order chi connectivity index (χ0) is 29.0. The van der Waals surface area contributed by atoms with Crippen LogP contribution >= 0.6 is 0 Å². The molecule has 2 amide bonds. The lowest BCUT2D eigenvalue weighted by molar-refractivity contribution is -0.138. The molecule has 2 rings (SSSR count). The third-order valence-corrected chi connectivity index (χ3v) is 8.16. The van der Waals surface area contributed by atoms with E-state index >= 15 is 0 Å². The Morgan fingerprint density at radius 3 is 2.18 bits per heavy atom. The minimum Gasteiger partial charge on any atom is -0.481 e. The van der Waals surface area contributed by atoms with Crippen molar-refractivity contribution in [1.82, 2.24) is 14.9 Å². The van der Waals surface area contributed by atoms with E-state index in [-0.39, 0.29) is 35.6 Å². The number of aryl methyl sites for hydroxylation is 1. The SMILES string of the molecule is CC(=O)N[C@@H](Cc1ccccc1)C(=O)NCCCC[C@@H](CC(=O)O)N(CC(C)C)S(=O)(=O)c1ccc(C)cc1. The summed E-state index contributed by atoms with van der Waals surface area (Å²) < 4.78 is 28.4. The minimum atomic E-state index is -3.91. The average molecular weight is 560 g/mol. The summed E-state index contributed by atoms with van der Waals surface area (Å²) >= 11 is 0. The maximum Gasteiger partial charge on any atom is 0.304 e. The number of nitrogens with zero attached hydrogens (tertiary/aromatic N) is 1. The van der Waals surface area contributed by atoms with Gasteiger partial charge < -0.3 is 15.7 Å². The highest BCUT2D eigenvalue weighted by molar-refractivity contribution is 7.89. The summed E-state index contributed by atoms with van der Waals surface area (Å²) in [5, 5.41) is 15.1. The largest absolute Gasteiger partial charge is 0.481 e. The molecule has 0 aliphatic heterocycles. The number of nitrogens with one attached hydrogen (secondary N) is 2. The molecule has 9 nitrogen and oxygen atoms in total. The van der Waals surface area contributed by atoms with Crippen LogP contribution in [0.5, 0.6) is 0 Å². The molecule has 0 bridgehead atoms. The maximum atomic E-state index is 13.5. The molecule has 2 aromatic rings. The number of hydrogen-bond acceptors (Lipinski definition) is 5. The highest BCUT2D eigenvalue weighted by atomic mass is 32.2. The quantitative estimate of drug-likeness (QED) is 0.270. The molecular formula is C29H41N3O6S. The van der Waals surface area contributed by atoms with Gasteiger partial charge >= 0.3 is 5.97 Å². The fraction of sp³-hybridized carbons (Fsp3) is 0.483. The van der Waals surface area contributed by atoms with Gasteiger partial charge in [-0.2, -0.15) is 4.31 Å². The lowest BCUT2D eigenvalue weighted by Gasteiger charge is -2.31. The van der Waals surface area contributed by atoms with Crippen molar-refractivity contribution in [2.24, 2.45) is 5.92 Å². The van der Waals surface area contributed by atoms with Gasteiger partial charge in [0.2, 0.25) is 21.8 Å². The van der Waals surface area contributed by atoms with Crippen molar-refractivity contribution >= 4 is 27.8 Å². The lowest BCUT2D eigenvalue weighted by atomic mass is 10.0. The van der Waals surface area contributed by atoms with Gasteiger partial charge in [0, 0.05) is 32.5 Å². The second-order valence-corrected chi connectivity index (χ2v) is 12.2. The number of aliphatic carboxylic acids is 1. The van der Waals surface area contributed by atoms with E-state index in [4.69, 9.17) is 0 Å². The number of carboxylic acid groups (broad SMARTS) is 1. The molecule has 39 heavy (non-hydrogen) atoms. The number of carbonyl (C=O) groups excluding carboxylic acids is 2. The molecule has 0 saturated carbocycles. The standard InChI is InChI=1S/C29H41N3O6S/c1-21(2)20-32(39(37,38)26-15-13-22(3)14-16-26)25(19-28(34)35)12-8-9-17-30-29(36)27(31-23(4)33)18-24-10-6-5-7-11-24/h5-7,10-11,13-16,21,25,27H,8-9,12,17-20H2,1-4H3,(H,30,36)(H,31,33)(H,34,35)/t25-,27-/m0/s1. The fourth-order valence-electron chi connectivity index (χ4n) is 4.34. The van der Waals surface area contributed by atoms with Gasteiger partial charge in [-0.05, 0) is 43.4 Å². The number of sulfonamides is 1. The van der Waals surface area contributed by atoms with Crippen LogP contribution in [0.3, 0.4) is 0 Å². The van der Waals surface area contributed by atoms with E-state index in [0.717, 1.165) is 11.1 Å². The van der Waals surface area contributed by atoms with Gasteiger partial charge in [-0.25, -0.2) is 8.42 Å². The third-order valence-electron chi connectivity index (χ3n) is 6.23. The van der Waals surface area contributed by atoms with Crippen LogP contribution in [0.2, 0.25) is 0 Å². The number of rotatable bonds is 16. The van der Waals surface area contributed by atoms with Gasteiger partial charge in [0.25, 0.3) is 0 Å². The fourth-order valence-corrected chi connectivity index (χ4v) is 6.16. The third kappa shape index (κ3) is 10.8. The monoisotopic (exact) mass is 559 g/mol. The predicted molar refractivity (Wildman–Crippen MR) is 151 cm³/mol. The molecule has 3 N–H and O–H groups in total. The molecule has 0 aliphatic rings. The molecule has 0 saturated heterocycles. The smallest absolute Gasteiger partial charge is 0.304 e. The van der Waals surface area contributed by atoms with Crippen molar-refractivity contribution in [3.05, 3.63) is 65.7 Å². The first-order chi connectivity index (χ1) is 18.4. The van der Waals surface area contributed by atoms with Crippen molar-refractivity contribution in [3.8, 4) is 0 Å². The maximum absolute atomic E-state index is 13.5. The number of amides is 2. The summed E-state index contributed by atoms with van der Waals surface area (Å²) in [6.07, 6.45) is 1.42. The first-order valence-electron chi connectivity index (χ1n) is 13.3. The highest BCUT2D eigenvalue weighted by Crippen LogP contribution is 2.24. The van der Waals surface area contributed by atoms with Crippen LogP contribution in [0, 0.1) is 12.8 Å². The summed E-state index contributed by atoms with van der Waals surface area (Å²) in [6.45, 7) is 7.54. The molecule has 2 atom stereocenters. The number of hydrogen-bond donors (Lipinski definition) is 3. The predicted octanol–water partition coefficient (Wildman–Crippen LogP) is 3.52. The summed E-state index contributed by atoms with van der Waals surface area (Å²) in [4.78, 5) is 36.2. The average Bonchev–Trinajstić information content (AvgIpc) is 2.86. The van der Waals surface area contributed by atoms with Crippen molar-refractivity contribution in [3.63, 3.8) is 0 Å². The molecular weight excluding hydrogens is 518 g/mol. The first-order valence-corrected chi connectivity index (χ1v) is 14.7. The summed E-state index contributed by atoms with van der Waals surface area (Å²) in [5.74, 6) is -1.68. The molecule has 2 aromatic carbocycles. The van der Waals surface area contributed by atoms with Crippen LogP contribution in [0.4, 0.5) is 0 Å². The molecule has 10 heteroatoms. The van der Waals surface area contributed by atoms with Crippen molar-refractivity contribution < 1.29 is 27.9 Å². The summed E-state index contributed by atoms with van der Waals surface area (Å²) in [6, 6.07) is 14.5. The zero-order valence-electron chi connectivity index (χ0n) is 23.2. The number of benzene rings is 2. The minimum absolute atomic E-state index is 0.00358. The Labute approximate surface area is 232 Å². The van der Waals surface area contributed by atoms with E-state index in [1.54, 1.807) is 24.3 Å². The normalized spacial score (nSPS) is 13.2. The van der Waals surface area contributed by atoms with E-state index in [0.29, 0.717) is 32.2 Å². The van der Waals surface area contributed by atoms with Crippen LogP contribution in [0.15, 0.2) is 59.5 Å². The number of unbranched alkanes of at least 4 members (excludes halogenated alkanes) is 1. The van der Waals surface area contributed by atoms with Gasteiger partial charge in [-0.1, -0.05) is 68.3 Å². The van der Waals surface area contributed by atoms with Gasteiger partial charge in [0.1, 0.15) is 6.04 Å². The molecule has 0 radical (unpaired) electrons. The van der Waals surface area contributed by atoms with Crippen LogP contribution < -0.4 is 10.6 Å². The van der Waals surface area contributed by atoms with Gasteiger partial charge in [-0.15, -0.1) is 0 Å². The van der Waals surface area contributed by atoms with E-state index in [1.165, 1.54) is 11.2 Å². The van der Waals surface area contributed by atoms with E-state index in [1.807, 2.05) is 51.1 Å². The van der Waals surface area contributed by atoms with Gasteiger partial charge in [0.15, 0.2) is 0 Å². The van der Waals surface area contributed by atoms with E-state index < -0.39 is 28.1 Å². The molecule has 0 heterocycles. The summed E-state index contributed by atoms with van der Waals surface area (Å²) in [7, 11) is -3.91. The molecule has 0 aromatic heterocycles. The van der Waals surface area contributed by atoms with Crippen LogP contribution in [0.25, 0.3) is 0 Å². The Morgan fingerprint density at radius 1 is 0.974 bits per heavy atom. The van der Waals surface area contributed by atoms with E-state index in [9.17, 15) is 27.9 Å².